The summed E-state index contributed by atoms with van der Waals surface area (Å²) in [4.78, 5) is 4.88. The fourth-order valence-corrected chi connectivity index (χ4v) is 3.94. The van der Waals surface area contributed by atoms with Crippen LogP contribution >= 0.6 is 0 Å². The minimum absolute atomic E-state index is 0.0475. The van der Waals surface area contributed by atoms with Crippen molar-refractivity contribution in [1.82, 2.24) is 14.6 Å². The van der Waals surface area contributed by atoms with Crippen molar-refractivity contribution in [2.24, 2.45) is 0 Å². The van der Waals surface area contributed by atoms with E-state index in [1.54, 1.807) is 13.0 Å². The Morgan fingerprint density at radius 2 is 2.03 bits per heavy atom. The topological polar surface area (TPSA) is 88.4 Å². The summed E-state index contributed by atoms with van der Waals surface area (Å²) < 4.78 is 28.1. The lowest BCUT2D eigenvalue weighted by Crippen LogP contribution is -2.14. The number of hydrogen-bond acceptors (Lipinski definition) is 5. The normalized spacial score (nSPS) is 14.5. The Morgan fingerprint density at radius 1 is 1.24 bits per heavy atom. The molecule has 0 unspecified atom stereocenters. The van der Waals surface area contributed by atoms with Gasteiger partial charge in [-0.05, 0) is 43.4 Å². The number of rotatable bonds is 8. The van der Waals surface area contributed by atoms with Crippen LogP contribution in [0, 0.1) is 0 Å². The fraction of sp³-hybridized carbons (Fsp3) is 0.429. The molecule has 0 radical (unpaired) electrons. The van der Waals surface area contributed by atoms with Crippen molar-refractivity contribution in [3.05, 3.63) is 53.3 Å². The van der Waals surface area contributed by atoms with Crippen molar-refractivity contribution < 1.29 is 8.42 Å². The van der Waals surface area contributed by atoms with Crippen LogP contribution in [0.4, 0.5) is 11.5 Å². The quantitative estimate of drug-likeness (QED) is 0.580. The lowest BCUT2D eigenvalue weighted by atomic mass is 10.1. The van der Waals surface area contributed by atoms with Crippen molar-refractivity contribution in [2.45, 2.75) is 52.0 Å². The van der Waals surface area contributed by atoms with Crippen molar-refractivity contribution in [2.75, 3.05) is 15.8 Å². The van der Waals surface area contributed by atoms with Crippen molar-refractivity contribution >= 4 is 27.2 Å². The predicted molar refractivity (Wildman–Crippen MR) is 116 cm³/mol. The number of fused-ring (bicyclic) bond motifs is 1. The summed E-state index contributed by atoms with van der Waals surface area (Å²) in [7, 11) is -3.29. The molecule has 0 spiro atoms. The molecular formula is C21H27N5O2S. The molecule has 0 atom stereocenters. The SMILES string of the molecule is CCS(=O)(=O)Nc1cccc(CNc2cc(C3CC3)nc3c(C(C)C)cnn23)c1. The molecular weight excluding hydrogens is 386 g/mol. The number of sulfonamides is 1. The smallest absolute Gasteiger partial charge is 0.232 e. The summed E-state index contributed by atoms with van der Waals surface area (Å²) in [5.74, 6) is 1.85. The van der Waals surface area contributed by atoms with Gasteiger partial charge in [-0.1, -0.05) is 26.0 Å². The molecule has 0 saturated heterocycles. The Bertz CT molecular complexity index is 1130. The molecule has 2 N–H and O–H groups in total. The molecule has 1 fully saturated rings. The Morgan fingerprint density at radius 3 is 2.72 bits per heavy atom. The van der Waals surface area contributed by atoms with Gasteiger partial charge in [0.05, 0.1) is 11.9 Å². The first-order valence-electron chi connectivity index (χ1n) is 10.1. The molecule has 2 heterocycles. The molecule has 0 amide bonds. The maximum absolute atomic E-state index is 11.8. The monoisotopic (exact) mass is 413 g/mol. The first-order valence-corrected chi connectivity index (χ1v) is 11.7. The molecule has 1 aliphatic rings. The van der Waals surface area contributed by atoms with E-state index in [0.29, 0.717) is 24.1 Å². The predicted octanol–water partition coefficient (Wildman–Crippen LogP) is 4.10. The third kappa shape index (κ3) is 4.37. The van der Waals surface area contributed by atoms with E-state index in [1.807, 2.05) is 28.9 Å². The van der Waals surface area contributed by atoms with Gasteiger partial charge in [0.15, 0.2) is 5.65 Å². The lowest BCUT2D eigenvalue weighted by Gasteiger charge is -2.13. The van der Waals surface area contributed by atoms with Gasteiger partial charge in [0.2, 0.25) is 10.0 Å². The van der Waals surface area contributed by atoms with Gasteiger partial charge in [-0.25, -0.2) is 13.4 Å². The summed E-state index contributed by atoms with van der Waals surface area (Å²) in [5.41, 5.74) is 4.73. The fourth-order valence-electron chi connectivity index (χ4n) is 3.31. The van der Waals surface area contributed by atoms with Crippen LogP contribution in [0.2, 0.25) is 0 Å². The number of benzene rings is 1. The second kappa shape index (κ2) is 7.67. The molecule has 4 rings (SSSR count). The standard InChI is InChI=1S/C21H27N5O2S/c1-4-29(27,28)25-17-7-5-6-15(10-17)12-22-20-11-19(16-8-9-16)24-21-18(14(2)3)13-23-26(20)21/h5-7,10-11,13-14,16,22,25H,4,8-9,12H2,1-3H3. The highest BCUT2D eigenvalue weighted by Gasteiger charge is 2.27. The second-order valence-electron chi connectivity index (χ2n) is 7.89. The first kappa shape index (κ1) is 19.7. The van der Waals surface area contributed by atoms with E-state index in [0.717, 1.165) is 28.3 Å². The summed E-state index contributed by atoms with van der Waals surface area (Å²) in [6, 6.07) is 9.52. The number of hydrogen-bond donors (Lipinski definition) is 2. The Hall–Kier alpha value is -2.61. The first-order chi connectivity index (χ1) is 13.9. The van der Waals surface area contributed by atoms with E-state index in [4.69, 9.17) is 4.98 Å². The van der Waals surface area contributed by atoms with Gasteiger partial charge in [-0.2, -0.15) is 9.61 Å². The molecule has 2 aromatic heterocycles. The summed E-state index contributed by atoms with van der Waals surface area (Å²) in [5, 5.41) is 8.02. The largest absolute Gasteiger partial charge is 0.366 e. The maximum atomic E-state index is 11.8. The van der Waals surface area contributed by atoms with Gasteiger partial charge in [0.1, 0.15) is 5.82 Å². The molecule has 0 aliphatic heterocycles. The minimum atomic E-state index is -3.29. The molecule has 29 heavy (non-hydrogen) atoms. The van der Waals surface area contributed by atoms with Crippen LogP contribution in [0.1, 0.15) is 62.3 Å². The van der Waals surface area contributed by atoms with E-state index in [9.17, 15) is 8.42 Å². The summed E-state index contributed by atoms with van der Waals surface area (Å²) >= 11 is 0. The third-order valence-electron chi connectivity index (χ3n) is 5.19. The van der Waals surface area contributed by atoms with Gasteiger partial charge >= 0.3 is 0 Å². The van der Waals surface area contributed by atoms with Gasteiger partial charge in [-0.15, -0.1) is 0 Å². The molecule has 1 saturated carbocycles. The molecule has 0 bridgehead atoms. The Balaban J connectivity index is 1.60. The number of aromatic nitrogens is 3. The van der Waals surface area contributed by atoms with Crippen molar-refractivity contribution in [1.29, 1.82) is 0 Å². The van der Waals surface area contributed by atoms with Gasteiger partial charge < -0.3 is 5.32 Å². The van der Waals surface area contributed by atoms with Gasteiger partial charge in [-0.3, -0.25) is 4.72 Å². The van der Waals surface area contributed by atoms with Crippen LogP contribution in [0.25, 0.3) is 5.65 Å². The van der Waals surface area contributed by atoms with Crippen LogP contribution in [0.15, 0.2) is 36.5 Å². The molecule has 154 valence electrons. The van der Waals surface area contributed by atoms with Gasteiger partial charge in [0.25, 0.3) is 0 Å². The zero-order chi connectivity index (χ0) is 20.6. The number of nitrogens with zero attached hydrogens (tertiary/aromatic N) is 3. The second-order valence-corrected chi connectivity index (χ2v) is 9.90. The van der Waals surface area contributed by atoms with Crippen LogP contribution < -0.4 is 10.0 Å². The van der Waals surface area contributed by atoms with E-state index in [2.05, 4.69) is 35.1 Å². The van der Waals surface area contributed by atoms with Crippen LogP contribution in [-0.2, 0) is 16.6 Å². The average molecular weight is 414 g/mol. The highest BCUT2D eigenvalue weighted by molar-refractivity contribution is 7.92. The van der Waals surface area contributed by atoms with Crippen molar-refractivity contribution in [3.8, 4) is 0 Å². The maximum Gasteiger partial charge on any atom is 0.232 e. The zero-order valence-corrected chi connectivity index (χ0v) is 17.8. The molecule has 1 aromatic carbocycles. The van der Waals surface area contributed by atoms with E-state index in [1.165, 1.54) is 12.8 Å². The molecule has 1 aliphatic carbocycles. The minimum Gasteiger partial charge on any atom is -0.366 e. The van der Waals surface area contributed by atoms with E-state index >= 15 is 0 Å². The average Bonchev–Trinajstić information content (AvgIpc) is 3.44. The Labute approximate surface area is 171 Å². The summed E-state index contributed by atoms with van der Waals surface area (Å²) in [6.45, 7) is 6.48. The van der Waals surface area contributed by atoms with Crippen LogP contribution in [-0.4, -0.2) is 28.8 Å². The highest BCUT2D eigenvalue weighted by atomic mass is 32.2. The molecule has 8 heteroatoms. The van der Waals surface area contributed by atoms with Crippen molar-refractivity contribution in [3.63, 3.8) is 0 Å². The van der Waals surface area contributed by atoms with Crippen LogP contribution in [0.3, 0.4) is 0 Å². The molecule has 3 aromatic rings. The number of nitrogens with one attached hydrogen (secondary N) is 2. The third-order valence-corrected chi connectivity index (χ3v) is 6.50. The van der Waals surface area contributed by atoms with Crippen LogP contribution in [0.5, 0.6) is 0 Å². The molecule has 7 nitrogen and oxygen atoms in total. The number of anilines is 2. The van der Waals surface area contributed by atoms with Gasteiger partial charge in [0, 0.05) is 35.5 Å². The van der Waals surface area contributed by atoms with E-state index in [-0.39, 0.29) is 5.75 Å². The lowest BCUT2D eigenvalue weighted by molar-refractivity contribution is 0.602. The zero-order valence-electron chi connectivity index (χ0n) is 17.0. The Kier molecular flexibility index (Phi) is 5.21. The summed E-state index contributed by atoms with van der Waals surface area (Å²) in [6.07, 6.45) is 4.27. The van der Waals surface area contributed by atoms with E-state index < -0.39 is 10.0 Å². The highest BCUT2D eigenvalue weighted by Crippen LogP contribution is 2.40.